The molecule has 0 aromatic carbocycles. The van der Waals surface area contributed by atoms with Gasteiger partial charge in [0.05, 0.1) is 6.61 Å². The molecule has 30 heavy (non-hydrogen) atoms. The average molecular weight is 419 g/mol. The number of hydrogen-bond acceptors (Lipinski definition) is 5. The Morgan fingerprint density at radius 3 is 2.57 bits per heavy atom. The van der Waals surface area contributed by atoms with Crippen molar-refractivity contribution in [3.05, 3.63) is 11.6 Å². The average Bonchev–Trinajstić information content (AvgIpc) is 3.04. The second-order valence-corrected chi connectivity index (χ2v) is 10.7. The smallest absolute Gasteiger partial charge is 0.302 e. The molecular weight excluding hydrogens is 380 g/mol. The van der Waals surface area contributed by atoms with Crippen LogP contribution in [-0.2, 0) is 19.1 Å². The molecule has 5 heteroatoms. The van der Waals surface area contributed by atoms with Crippen LogP contribution in [0.5, 0.6) is 0 Å². The summed E-state index contributed by atoms with van der Waals surface area (Å²) >= 11 is 0. The van der Waals surface area contributed by atoms with Crippen molar-refractivity contribution < 1.29 is 24.2 Å². The van der Waals surface area contributed by atoms with Gasteiger partial charge in [0.25, 0.3) is 0 Å². The summed E-state index contributed by atoms with van der Waals surface area (Å²) in [5, 5.41) is 10.6. The first-order valence-electron chi connectivity index (χ1n) is 11.9. The van der Waals surface area contributed by atoms with Crippen LogP contribution in [0.15, 0.2) is 11.6 Å². The van der Waals surface area contributed by atoms with Crippen molar-refractivity contribution in [3.63, 3.8) is 0 Å². The number of esters is 2. The molecule has 0 amide bonds. The van der Waals surface area contributed by atoms with E-state index in [4.69, 9.17) is 9.47 Å². The molecule has 168 valence electrons. The second-order valence-electron chi connectivity index (χ2n) is 10.7. The topological polar surface area (TPSA) is 72.8 Å². The lowest BCUT2D eigenvalue weighted by atomic mass is 9.47. The fourth-order valence-electron chi connectivity index (χ4n) is 8.21. The van der Waals surface area contributed by atoms with E-state index in [1.807, 2.05) is 0 Å². The first-order valence-corrected chi connectivity index (χ1v) is 11.9. The Bertz CT molecular complexity index is 729. The molecule has 0 saturated heterocycles. The van der Waals surface area contributed by atoms with Gasteiger partial charge in [-0.05, 0) is 75.0 Å². The van der Waals surface area contributed by atoms with Gasteiger partial charge in [-0.25, -0.2) is 0 Å². The molecule has 0 radical (unpaired) electrons. The number of aliphatic hydroxyl groups excluding tert-OH is 1. The quantitative estimate of drug-likeness (QED) is 0.540. The fourth-order valence-corrected chi connectivity index (χ4v) is 8.21. The summed E-state index contributed by atoms with van der Waals surface area (Å²) in [6.45, 7) is 7.68. The van der Waals surface area contributed by atoms with Crippen LogP contribution in [0.1, 0.15) is 79.1 Å². The van der Waals surface area contributed by atoms with Gasteiger partial charge in [0.1, 0.15) is 12.2 Å². The molecule has 3 saturated carbocycles. The Hall–Kier alpha value is -1.36. The van der Waals surface area contributed by atoms with Crippen molar-refractivity contribution in [2.45, 2.75) is 91.3 Å². The van der Waals surface area contributed by atoms with Crippen LogP contribution >= 0.6 is 0 Å². The van der Waals surface area contributed by atoms with Gasteiger partial charge in [0.15, 0.2) is 0 Å². The Kier molecular flexibility index (Phi) is 5.80. The minimum atomic E-state index is -0.210. The summed E-state index contributed by atoms with van der Waals surface area (Å²) in [6, 6.07) is 0. The Balaban J connectivity index is 1.57. The molecule has 4 unspecified atom stereocenters. The monoisotopic (exact) mass is 418 g/mol. The van der Waals surface area contributed by atoms with Crippen LogP contribution in [0.4, 0.5) is 0 Å². The zero-order chi connectivity index (χ0) is 21.7. The third-order valence-corrected chi connectivity index (χ3v) is 9.39. The van der Waals surface area contributed by atoms with E-state index in [1.165, 1.54) is 25.8 Å². The maximum absolute atomic E-state index is 11.5. The van der Waals surface area contributed by atoms with Gasteiger partial charge in [0.2, 0.25) is 0 Å². The van der Waals surface area contributed by atoms with Crippen LogP contribution in [0.3, 0.4) is 0 Å². The zero-order valence-corrected chi connectivity index (χ0v) is 19.0. The van der Waals surface area contributed by atoms with Crippen molar-refractivity contribution >= 4 is 11.9 Å². The largest absolute Gasteiger partial charge is 0.463 e. The van der Waals surface area contributed by atoms with Crippen LogP contribution in [0.2, 0.25) is 0 Å². The van der Waals surface area contributed by atoms with E-state index in [0.717, 1.165) is 44.9 Å². The Morgan fingerprint density at radius 1 is 1.13 bits per heavy atom. The highest BCUT2D eigenvalue weighted by Gasteiger charge is 2.60. The maximum Gasteiger partial charge on any atom is 0.302 e. The molecule has 1 N–H and O–H groups in total. The van der Waals surface area contributed by atoms with Gasteiger partial charge >= 0.3 is 11.9 Å². The predicted molar refractivity (Wildman–Crippen MR) is 113 cm³/mol. The third-order valence-electron chi connectivity index (χ3n) is 9.39. The Labute approximate surface area is 180 Å². The molecule has 3 fully saturated rings. The number of carbonyl (C=O) groups excluding carboxylic acids is 2. The molecule has 5 nitrogen and oxygen atoms in total. The first kappa shape index (κ1) is 21.9. The fraction of sp³-hybridized carbons (Fsp3) is 0.840. The zero-order valence-electron chi connectivity index (χ0n) is 19.0. The molecule has 0 aromatic heterocycles. The van der Waals surface area contributed by atoms with Crippen molar-refractivity contribution in [3.8, 4) is 0 Å². The van der Waals surface area contributed by atoms with Crippen molar-refractivity contribution in [2.24, 2.45) is 34.5 Å². The van der Waals surface area contributed by atoms with E-state index < -0.39 is 0 Å². The lowest BCUT2D eigenvalue weighted by molar-refractivity contribution is -0.154. The molecule has 0 aliphatic heterocycles. The molecule has 0 bridgehead atoms. The molecular formula is C25H38O5. The van der Waals surface area contributed by atoms with E-state index in [-0.39, 0.29) is 41.6 Å². The van der Waals surface area contributed by atoms with Crippen LogP contribution in [0, 0.1) is 34.5 Å². The summed E-state index contributed by atoms with van der Waals surface area (Å²) in [5.74, 6) is 1.73. The highest BCUT2D eigenvalue weighted by atomic mass is 16.5. The highest BCUT2D eigenvalue weighted by molar-refractivity contribution is 5.66. The third kappa shape index (κ3) is 3.41. The van der Waals surface area contributed by atoms with Gasteiger partial charge in [-0.15, -0.1) is 0 Å². The highest BCUT2D eigenvalue weighted by Crippen LogP contribution is 2.66. The van der Waals surface area contributed by atoms with E-state index in [1.54, 1.807) is 0 Å². The van der Waals surface area contributed by atoms with Crippen LogP contribution in [0.25, 0.3) is 0 Å². The maximum atomic E-state index is 11.5. The summed E-state index contributed by atoms with van der Waals surface area (Å²) in [4.78, 5) is 23.0. The molecule has 4 aliphatic rings. The van der Waals surface area contributed by atoms with Crippen molar-refractivity contribution in [1.29, 1.82) is 0 Å². The molecule has 8 atom stereocenters. The lowest BCUT2D eigenvalue weighted by Gasteiger charge is -2.58. The second kappa shape index (κ2) is 7.96. The number of aliphatic hydroxyl groups is 1. The van der Waals surface area contributed by atoms with Gasteiger partial charge in [-0.1, -0.05) is 18.6 Å². The summed E-state index contributed by atoms with van der Waals surface area (Å²) in [7, 11) is 0. The number of hydrogen-bond donors (Lipinski definition) is 1. The SMILES string of the molecule is CC(=O)OC(C)[C@H]1CCC2C3CC=C4C[C@@H](OC(C)=O)CC[C@]4(CO)C3CC[C@@]21C. The minimum Gasteiger partial charge on any atom is -0.463 e. The number of fused-ring (bicyclic) bond motifs is 5. The predicted octanol–water partition coefficient (Wildman–Crippen LogP) is 4.42. The van der Waals surface area contributed by atoms with Crippen LogP contribution in [-0.4, -0.2) is 35.9 Å². The molecule has 4 rings (SSSR count). The van der Waals surface area contributed by atoms with Gasteiger partial charge < -0.3 is 14.6 Å². The minimum absolute atomic E-state index is 0.0327. The van der Waals surface area contributed by atoms with Crippen molar-refractivity contribution in [1.82, 2.24) is 0 Å². The standard InChI is InChI=1S/C25H38O5/c1-15(29-16(2)27)21-7-8-22-20-6-5-18-13-19(30-17(3)28)9-12-25(18,14-26)23(20)10-11-24(21,22)4/h5,15,19-23,26H,6-14H2,1-4H3/t15?,19-,20?,21+,22?,23?,24+,25+/m0/s1. The molecule has 4 aliphatic carbocycles. The van der Waals surface area contributed by atoms with E-state index in [0.29, 0.717) is 23.7 Å². The first-order chi connectivity index (χ1) is 14.2. The molecule has 0 aromatic rings. The summed E-state index contributed by atoms with van der Waals surface area (Å²) < 4.78 is 11.1. The summed E-state index contributed by atoms with van der Waals surface area (Å²) in [5.41, 5.74) is 1.39. The van der Waals surface area contributed by atoms with E-state index in [2.05, 4.69) is 19.9 Å². The number of rotatable bonds is 4. The molecule has 0 heterocycles. The normalized spacial score (nSPS) is 43.5. The van der Waals surface area contributed by atoms with Gasteiger partial charge in [-0.3, -0.25) is 9.59 Å². The van der Waals surface area contributed by atoms with Crippen LogP contribution < -0.4 is 0 Å². The summed E-state index contributed by atoms with van der Waals surface area (Å²) in [6.07, 6.45) is 10.5. The number of ether oxygens (including phenoxy) is 2. The van der Waals surface area contributed by atoms with Gasteiger partial charge in [0, 0.05) is 31.6 Å². The number of allylic oxidation sites excluding steroid dienone is 1. The Morgan fingerprint density at radius 2 is 1.90 bits per heavy atom. The lowest BCUT2D eigenvalue weighted by Crippen LogP contribution is -2.53. The van der Waals surface area contributed by atoms with E-state index >= 15 is 0 Å². The van der Waals surface area contributed by atoms with E-state index in [9.17, 15) is 14.7 Å². The van der Waals surface area contributed by atoms with Gasteiger partial charge in [-0.2, -0.15) is 0 Å². The number of carbonyl (C=O) groups is 2. The van der Waals surface area contributed by atoms with Crippen molar-refractivity contribution in [2.75, 3.05) is 6.61 Å². The molecule has 0 spiro atoms.